The molecule has 162 valence electrons. The Morgan fingerprint density at radius 1 is 1.16 bits per heavy atom. The molecule has 3 aromatic rings. The van der Waals surface area contributed by atoms with Gasteiger partial charge in [0.25, 0.3) is 5.91 Å². The number of carbonyl (C=O) groups is 2. The van der Waals surface area contributed by atoms with Crippen LogP contribution in [0.3, 0.4) is 0 Å². The van der Waals surface area contributed by atoms with Crippen LogP contribution in [-0.4, -0.2) is 34.8 Å². The van der Waals surface area contributed by atoms with E-state index in [-0.39, 0.29) is 12.5 Å². The zero-order valence-electron chi connectivity index (χ0n) is 18.1. The van der Waals surface area contributed by atoms with Crippen molar-refractivity contribution in [1.29, 1.82) is 0 Å². The van der Waals surface area contributed by atoms with Crippen molar-refractivity contribution in [2.45, 2.75) is 33.7 Å². The van der Waals surface area contributed by atoms with Crippen LogP contribution >= 0.6 is 11.3 Å². The Kier molecular flexibility index (Phi) is 7.78. The van der Waals surface area contributed by atoms with E-state index in [1.165, 1.54) is 16.5 Å². The molecule has 1 amide bonds. The molecule has 1 N–H and O–H groups in total. The first-order chi connectivity index (χ1) is 14.9. The van der Waals surface area contributed by atoms with E-state index in [0.717, 1.165) is 28.9 Å². The number of ether oxygens (including phenoxy) is 1. The van der Waals surface area contributed by atoms with Gasteiger partial charge in [-0.25, -0.2) is 4.79 Å². The Hall–Kier alpha value is -3.19. The lowest BCUT2D eigenvalue weighted by atomic mass is 10.1. The summed E-state index contributed by atoms with van der Waals surface area (Å²) in [5, 5.41) is 9.34. The van der Waals surface area contributed by atoms with Gasteiger partial charge in [-0.2, -0.15) is 5.10 Å². The summed E-state index contributed by atoms with van der Waals surface area (Å²) in [6, 6.07) is 12.3. The van der Waals surface area contributed by atoms with Crippen LogP contribution in [0.15, 0.2) is 47.9 Å². The first kappa shape index (κ1) is 22.5. The Morgan fingerprint density at radius 2 is 1.94 bits per heavy atom. The van der Waals surface area contributed by atoms with Gasteiger partial charge in [-0.3, -0.25) is 9.48 Å². The van der Waals surface area contributed by atoms with Crippen LogP contribution in [0.2, 0.25) is 0 Å². The number of aryl methyl sites for hydroxylation is 2. The minimum Gasteiger partial charge on any atom is -0.452 e. The highest BCUT2D eigenvalue weighted by Gasteiger charge is 2.11. The summed E-state index contributed by atoms with van der Waals surface area (Å²) in [7, 11) is 0. The van der Waals surface area contributed by atoms with Crippen molar-refractivity contribution < 1.29 is 14.3 Å². The normalized spacial score (nSPS) is 11.1. The van der Waals surface area contributed by atoms with Crippen LogP contribution in [0.4, 0.5) is 0 Å². The SMILES string of the molecule is Cc1ccc(Cn2nc(C)c(/C=C/C(=O)OCC(=O)NCCc3cccs3)c2C)cc1. The van der Waals surface area contributed by atoms with Crippen LogP contribution in [0, 0.1) is 20.8 Å². The molecule has 0 unspecified atom stereocenters. The maximum absolute atomic E-state index is 12.0. The van der Waals surface area contributed by atoms with Gasteiger partial charge in [-0.15, -0.1) is 11.3 Å². The summed E-state index contributed by atoms with van der Waals surface area (Å²) in [5.41, 5.74) is 5.06. The lowest BCUT2D eigenvalue weighted by Gasteiger charge is -2.05. The molecule has 0 radical (unpaired) electrons. The molecule has 1 aromatic carbocycles. The standard InChI is InChI=1S/C24H27N3O3S/c1-17-6-8-20(9-7-17)15-27-19(3)22(18(2)26-27)10-11-24(29)30-16-23(28)25-13-12-21-5-4-14-31-21/h4-11,14H,12-13,15-16H2,1-3H3,(H,25,28)/b11-10+. The minimum atomic E-state index is -0.557. The molecule has 0 spiro atoms. The molecular formula is C24H27N3O3S. The number of carbonyl (C=O) groups excluding carboxylic acids is 2. The molecule has 31 heavy (non-hydrogen) atoms. The quantitative estimate of drug-likeness (QED) is 0.408. The fraction of sp³-hybridized carbons (Fsp3) is 0.292. The van der Waals surface area contributed by atoms with Gasteiger partial charge >= 0.3 is 5.97 Å². The van der Waals surface area contributed by atoms with Crippen LogP contribution < -0.4 is 5.32 Å². The van der Waals surface area contributed by atoms with E-state index in [1.807, 2.05) is 36.0 Å². The number of amides is 1. The zero-order chi connectivity index (χ0) is 22.2. The van der Waals surface area contributed by atoms with E-state index in [2.05, 4.69) is 41.6 Å². The lowest BCUT2D eigenvalue weighted by molar-refractivity contribution is -0.143. The number of nitrogens with zero attached hydrogens (tertiary/aromatic N) is 2. The van der Waals surface area contributed by atoms with Crippen molar-refractivity contribution in [3.05, 3.63) is 80.8 Å². The number of esters is 1. The number of rotatable bonds is 9. The second kappa shape index (κ2) is 10.7. The average molecular weight is 438 g/mol. The lowest BCUT2D eigenvalue weighted by Crippen LogP contribution is -2.30. The van der Waals surface area contributed by atoms with Crippen molar-refractivity contribution >= 4 is 29.3 Å². The number of benzene rings is 1. The Bertz CT molecular complexity index is 1050. The van der Waals surface area contributed by atoms with Gasteiger partial charge in [-0.05, 0) is 50.3 Å². The second-order valence-electron chi connectivity index (χ2n) is 7.35. The maximum atomic E-state index is 12.0. The number of hydrogen-bond donors (Lipinski definition) is 1. The van der Waals surface area contributed by atoms with Gasteiger partial charge in [0.15, 0.2) is 6.61 Å². The van der Waals surface area contributed by atoms with Gasteiger partial charge in [0.2, 0.25) is 0 Å². The van der Waals surface area contributed by atoms with E-state index in [1.54, 1.807) is 17.4 Å². The van der Waals surface area contributed by atoms with E-state index < -0.39 is 5.97 Å². The third kappa shape index (κ3) is 6.65. The summed E-state index contributed by atoms with van der Waals surface area (Å²) in [5.74, 6) is -0.866. The molecule has 0 aliphatic heterocycles. The molecule has 0 bridgehead atoms. The van der Waals surface area contributed by atoms with Gasteiger partial charge in [0.05, 0.1) is 12.2 Å². The molecule has 2 aromatic heterocycles. The highest BCUT2D eigenvalue weighted by Crippen LogP contribution is 2.17. The monoisotopic (exact) mass is 437 g/mol. The Balaban J connectivity index is 1.48. The molecule has 0 fully saturated rings. The van der Waals surface area contributed by atoms with Gasteiger partial charge in [-0.1, -0.05) is 35.9 Å². The largest absolute Gasteiger partial charge is 0.452 e. The van der Waals surface area contributed by atoms with Crippen molar-refractivity contribution in [2.24, 2.45) is 0 Å². The van der Waals surface area contributed by atoms with Crippen molar-refractivity contribution in [1.82, 2.24) is 15.1 Å². The van der Waals surface area contributed by atoms with Crippen LogP contribution in [-0.2, 0) is 27.3 Å². The van der Waals surface area contributed by atoms with Gasteiger partial charge in [0, 0.05) is 28.8 Å². The highest BCUT2D eigenvalue weighted by atomic mass is 32.1. The maximum Gasteiger partial charge on any atom is 0.331 e. The second-order valence-corrected chi connectivity index (χ2v) is 8.38. The molecule has 0 aliphatic carbocycles. The number of aromatic nitrogens is 2. The fourth-order valence-corrected chi connectivity index (χ4v) is 3.85. The molecule has 3 rings (SSSR count). The number of hydrogen-bond acceptors (Lipinski definition) is 5. The first-order valence-corrected chi connectivity index (χ1v) is 11.0. The molecule has 0 saturated carbocycles. The van der Waals surface area contributed by atoms with Crippen LogP contribution in [0.25, 0.3) is 6.08 Å². The highest BCUT2D eigenvalue weighted by molar-refractivity contribution is 7.09. The molecule has 0 saturated heterocycles. The Labute approximate surface area is 186 Å². The summed E-state index contributed by atoms with van der Waals surface area (Å²) in [6.45, 7) is 6.83. The molecule has 0 aliphatic rings. The number of thiophene rings is 1. The Morgan fingerprint density at radius 3 is 2.65 bits per heavy atom. The third-order valence-electron chi connectivity index (χ3n) is 4.90. The summed E-state index contributed by atoms with van der Waals surface area (Å²) >= 11 is 1.65. The van der Waals surface area contributed by atoms with E-state index in [4.69, 9.17) is 4.74 Å². The van der Waals surface area contributed by atoms with Crippen LogP contribution in [0.5, 0.6) is 0 Å². The fourth-order valence-electron chi connectivity index (χ4n) is 3.14. The molecular weight excluding hydrogens is 410 g/mol. The summed E-state index contributed by atoms with van der Waals surface area (Å²) < 4.78 is 6.97. The van der Waals surface area contributed by atoms with E-state index >= 15 is 0 Å². The topological polar surface area (TPSA) is 73.2 Å². The summed E-state index contributed by atoms with van der Waals surface area (Å²) in [6.07, 6.45) is 3.80. The molecule has 6 nitrogen and oxygen atoms in total. The van der Waals surface area contributed by atoms with Crippen molar-refractivity contribution in [3.8, 4) is 0 Å². The molecule has 0 atom stereocenters. The molecule has 7 heteroatoms. The average Bonchev–Trinajstić information content (AvgIpc) is 3.35. The predicted octanol–water partition coefficient (Wildman–Crippen LogP) is 3.83. The van der Waals surface area contributed by atoms with E-state index in [0.29, 0.717) is 13.1 Å². The summed E-state index contributed by atoms with van der Waals surface area (Å²) in [4.78, 5) is 25.1. The van der Waals surface area contributed by atoms with E-state index in [9.17, 15) is 9.59 Å². The minimum absolute atomic E-state index is 0.293. The van der Waals surface area contributed by atoms with Crippen molar-refractivity contribution in [2.75, 3.05) is 13.2 Å². The van der Waals surface area contributed by atoms with Crippen molar-refractivity contribution in [3.63, 3.8) is 0 Å². The van der Waals surface area contributed by atoms with Gasteiger partial charge in [0.1, 0.15) is 0 Å². The number of nitrogens with one attached hydrogen (secondary N) is 1. The molecule has 2 heterocycles. The van der Waals surface area contributed by atoms with Crippen LogP contribution in [0.1, 0.15) is 33.0 Å². The smallest absolute Gasteiger partial charge is 0.331 e. The first-order valence-electron chi connectivity index (χ1n) is 10.2. The zero-order valence-corrected chi connectivity index (χ0v) is 18.9. The predicted molar refractivity (Wildman–Crippen MR) is 123 cm³/mol. The third-order valence-corrected chi connectivity index (χ3v) is 5.83. The van der Waals surface area contributed by atoms with Gasteiger partial charge < -0.3 is 10.1 Å².